The van der Waals surface area contributed by atoms with Crippen LogP contribution in [-0.2, 0) is 9.68 Å². The van der Waals surface area contributed by atoms with E-state index in [0.717, 1.165) is 0 Å². The van der Waals surface area contributed by atoms with Gasteiger partial charge in [0.15, 0.2) is 0 Å². The van der Waals surface area contributed by atoms with Gasteiger partial charge in [0.25, 0.3) is 0 Å². The Morgan fingerprint density at radius 1 is 1.11 bits per heavy atom. The number of rotatable bonds is 5. The van der Waals surface area contributed by atoms with Crippen LogP contribution in [0.25, 0.3) is 0 Å². The summed E-state index contributed by atoms with van der Waals surface area (Å²) in [5.74, 6) is 0.557. The lowest BCUT2D eigenvalue weighted by Crippen LogP contribution is -2.21. The van der Waals surface area contributed by atoms with Crippen LogP contribution in [-0.4, -0.2) is 33.3 Å². The molecule has 0 aliphatic carbocycles. The smallest absolute Gasteiger partial charge is 0.202 e. The van der Waals surface area contributed by atoms with Crippen LogP contribution in [0.2, 0.25) is 0 Å². The number of aromatic nitrogens is 2. The highest BCUT2D eigenvalue weighted by Crippen LogP contribution is 1.98. The molecule has 0 aliphatic rings. The number of hydrogen-bond acceptors (Lipinski definition) is 5. The van der Waals surface area contributed by atoms with Gasteiger partial charge in [-0.05, 0) is 34.6 Å². The first-order valence-electron chi connectivity index (χ1n) is 5.93. The van der Waals surface area contributed by atoms with Gasteiger partial charge in [0.1, 0.15) is 24.2 Å². The molecule has 6 nitrogen and oxygen atoms in total. The van der Waals surface area contributed by atoms with Crippen LogP contribution < -0.4 is 0 Å². The Hall–Kier alpha value is -1.85. The minimum Gasteiger partial charge on any atom is -0.393 e. The van der Waals surface area contributed by atoms with Gasteiger partial charge < -0.3 is 9.68 Å². The second-order valence-electron chi connectivity index (χ2n) is 4.37. The lowest BCUT2D eigenvalue weighted by molar-refractivity contribution is 0.0825. The second kappa shape index (κ2) is 6.78. The molecule has 0 spiro atoms. The summed E-state index contributed by atoms with van der Waals surface area (Å²) in [5, 5.41) is 8.09. The van der Waals surface area contributed by atoms with Crippen molar-refractivity contribution in [3.05, 3.63) is 18.7 Å². The van der Waals surface area contributed by atoms with E-state index in [1.807, 2.05) is 34.6 Å². The number of imidazole rings is 1. The van der Waals surface area contributed by atoms with Crippen molar-refractivity contribution in [2.45, 2.75) is 46.8 Å². The molecule has 0 N–H and O–H groups in total. The maximum Gasteiger partial charge on any atom is 0.202 e. The van der Waals surface area contributed by atoms with Gasteiger partial charge in [0, 0.05) is 12.4 Å². The molecule has 0 aliphatic heterocycles. The standard InChI is InChI=1S/C12H20N4O2/c1-9(2)17-14-11(5)12(15-18-10(3)4)16-7-6-13-8-16/h6-10H,1-5H3/b14-11-,15-12+. The highest BCUT2D eigenvalue weighted by atomic mass is 16.6. The average Bonchev–Trinajstić information content (AvgIpc) is 2.79. The van der Waals surface area contributed by atoms with Crippen molar-refractivity contribution in [2.24, 2.45) is 10.3 Å². The molecule has 6 heteroatoms. The van der Waals surface area contributed by atoms with E-state index in [-0.39, 0.29) is 12.2 Å². The van der Waals surface area contributed by atoms with Gasteiger partial charge in [-0.25, -0.2) is 4.98 Å². The summed E-state index contributed by atoms with van der Waals surface area (Å²) >= 11 is 0. The minimum atomic E-state index is 0.00217. The molecule has 0 radical (unpaired) electrons. The molecular formula is C12H20N4O2. The van der Waals surface area contributed by atoms with Crippen LogP contribution in [0.5, 0.6) is 0 Å². The van der Waals surface area contributed by atoms with E-state index in [0.29, 0.717) is 11.5 Å². The van der Waals surface area contributed by atoms with Crippen LogP contribution in [0.4, 0.5) is 0 Å². The highest BCUT2D eigenvalue weighted by molar-refractivity contribution is 6.40. The molecule has 0 saturated carbocycles. The molecule has 18 heavy (non-hydrogen) atoms. The van der Waals surface area contributed by atoms with Crippen molar-refractivity contribution in [2.75, 3.05) is 0 Å². The van der Waals surface area contributed by atoms with Gasteiger partial charge in [0.2, 0.25) is 5.84 Å². The highest BCUT2D eigenvalue weighted by Gasteiger charge is 2.09. The van der Waals surface area contributed by atoms with Crippen molar-refractivity contribution in [3.8, 4) is 0 Å². The second-order valence-corrected chi connectivity index (χ2v) is 4.37. The summed E-state index contributed by atoms with van der Waals surface area (Å²) in [6.07, 6.45) is 5.10. The monoisotopic (exact) mass is 252 g/mol. The van der Waals surface area contributed by atoms with Crippen LogP contribution in [0.15, 0.2) is 29.0 Å². The zero-order chi connectivity index (χ0) is 13.5. The fraction of sp³-hybridized carbons (Fsp3) is 0.583. The molecule has 0 unspecified atom stereocenters. The number of oxime groups is 2. The van der Waals surface area contributed by atoms with E-state index in [1.165, 1.54) is 0 Å². The predicted molar refractivity (Wildman–Crippen MR) is 70.6 cm³/mol. The molecule has 1 heterocycles. The van der Waals surface area contributed by atoms with Crippen molar-refractivity contribution in [3.63, 3.8) is 0 Å². The van der Waals surface area contributed by atoms with E-state index < -0.39 is 0 Å². The molecule has 0 aromatic carbocycles. The molecule has 0 bridgehead atoms. The quantitative estimate of drug-likeness (QED) is 0.459. The van der Waals surface area contributed by atoms with E-state index in [9.17, 15) is 0 Å². The lowest BCUT2D eigenvalue weighted by atomic mass is 10.4. The molecular weight excluding hydrogens is 232 g/mol. The number of hydrogen-bond donors (Lipinski definition) is 0. The van der Waals surface area contributed by atoms with E-state index in [4.69, 9.17) is 9.68 Å². The third-order valence-electron chi connectivity index (χ3n) is 1.82. The molecule has 1 aromatic rings. The molecule has 1 rings (SSSR count). The summed E-state index contributed by atoms with van der Waals surface area (Å²) in [7, 11) is 0. The van der Waals surface area contributed by atoms with Gasteiger partial charge in [-0.15, -0.1) is 0 Å². The van der Waals surface area contributed by atoms with Crippen LogP contribution in [0.3, 0.4) is 0 Å². The molecule has 0 saturated heterocycles. The first-order valence-corrected chi connectivity index (χ1v) is 5.93. The SMILES string of the molecule is CC(=N/OC(C)C)/C(=N\OC(C)C)n1ccnc1. The Kier molecular flexibility index (Phi) is 5.35. The van der Waals surface area contributed by atoms with Crippen molar-refractivity contribution >= 4 is 11.5 Å². The fourth-order valence-electron chi connectivity index (χ4n) is 1.07. The maximum absolute atomic E-state index is 5.26. The number of nitrogens with zero attached hydrogens (tertiary/aromatic N) is 4. The molecule has 1 aromatic heterocycles. The molecule has 0 amide bonds. The first-order chi connectivity index (χ1) is 8.50. The van der Waals surface area contributed by atoms with Crippen LogP contribution in [0, 0.1) is 0 Å². The Balaban J connectivity index is 2.91. The van der Waals surface area contributed by atoms with Gasteiger partial charge in [-0.2, -0.15) is 0 Å². The molecule has 0 fully saturated rings. The van der Waals surface area contributed by atoms with Gasteiger partial charge in [-0.1, -0.05) is 10.3 Å². The zero-order valence-corrected chi connectivity index (χ0v) is 11.5. The fourth-order valence-corrected chi connectivity index (χ4v) is 1.07. The Morgan fingerprint density at radius 3 is 2.22 bits per heavy atom. The van der Waals surface area contributed by atoms with Gasteiger partial charge in [-0.3, -0.25) is 4.57 Å². The summed E-state index contributed by atoms with van der Waals surface area (Å²) in [5.41, 5.74) is 0.627. The lowest BCUT2D eigenvalue weighted by Gasteiger charge is -2.09. The summed E-state index contributed by atoms with van der Waals surface area (Å²) in [6, 6.07) is 0. The predicted octanol–water partition coefficient (Wildman–Crippen LogP) is 2.27. The van der Waals surface area contributed by atoms with E-state index in [1.54, 1.807) is 23.3 Å². The average molecular weight is 252 g/mol. The van der Waals surface area contributed by atoms with E-state index >= 15 is 0 Å². The summed E-state index contributed by atoms with van der Waals surface area (Å²) < 4.78 is 1.73. The third-order valence-corrected chi connectivity index (χ3v) is 1.82. The van der Waals surface area contributed by atoms with Crippen LogP contribution in [0.1, 0.15) is 34.6 Å². The largest absolute Gasteiger partial charge is 0.393 e. The molecule has 100 valence electrons. The third kappa shape index (κ3) is 4.57. The van der Waals surface area contributed by atoms with E-state index in [2.05, 4.69) is 15.3 Å². The Morgan fingerprint density at radius 2 is 1.72 bits per heavy atom. The topological polar surface area (TPSA) is 61.0 Å². The van der Waals surface area contributed by atoms with Crippen molar-refractivity contribution in [1.82, 2.24) is 9.55 Å². The van der Waals surface area contributed by atoms with Gasteiger partial charge in [0.05, 0.1) is 0 Å². The normalized spacial score (nSPS) is 13.3. The van der Waals surface area contributed by atoms with Crippen molar-refractivity contribution in [1.29, 1.82) is 0 Å². The Bertz CT molecular complexity index is 408. The van der Waals surface area contributed by atoms with Crippen molar-refractivity contribution < 1.29 is 9.68 Å². The summed E-state index contributed by atoms with van der Waals surface area (Å²) in [6.45, 7) is 9.45. The molecule has 0 atom stereocenters. The minimum absolute atomic E-state index is 0.00217. The summed E-state index contributed by atoms with van der Waals surface area (Å²) in [4.78, 5) is 14.4. The zero-order valence-electron chi connectivity index (χ0n) is 11.5. The van der Waals surface area contributed by atoms with Crippen LogP contribution >= 0.6 is 0 Å². The Labute approximate surface area is 107 Å². The van der Waals surface area contributed by atoms with Gasteiger partial charge >= 0.3 is 0 Å². The maximum atomic E-state index is 5.26. The first kappa shape index (κ1) is 14.2.